The number of halogens is 3. The average molecular weight is 545 g/mol. The summed E-state index contributed by atoms with van der Waals surface area (Å²) in [6.45, 7) is 4.64. The van der Waals surface area contributed by atoms with Gasteiger partial charge in [0, 0.05) is 6.54 Å². The molecule has 2 heterocycles. The smallest absolute Gasteiger partial charge is 0.480 e. The molecule has 0 aliphatic carbocycles. The fourth-order valence-corrected chi connectivity index (χ4v) is 5.37. The molecule has 0 amide bonds. The molecular weight excluding hydrogens is 518 g/mol. The topological polar surface area (TPSA) is 167 Å². The number of benzene rings is 1. The number of nitrogens with zero attached hydrogens (tertiary/aromatic N) is 4. The van der Waals surface area contributed by atoms with Gasteiger partial charge in [0.25, 0.3) is 0 Å². The second-order valence-electron chi connectivity index (χ2n) is 8.74. The molecule has 2 aromatic heterocycles. The largest absolute Gasteiger partial charge is 0.573 e. The summed E-state index contributed by atoms with van der Waals surface area (Å²) in [5.74, 6) is -1.41. The van der Waals surface area contributed by atoms with Gasteiger partial charge in [-0.1, -0.05) is 12.1 Å². The first-order valence-corrected chi connectivity index (χ1v) is 12.8. The number of hydrogen-bond donors (Lipinski definition) is 4. The molecule has 1 aromatic carbocycles. The van der Waals surface area contributed by atoms with Crippen LogP contribution in [0.2, 0.25) is 0 Å². The predicted octanol–water partition coefficient (Wildman–Crippen LogP) is 3.11. The third kappa shape index (κ3) is 7.86. The molecule has 0 saturated heterocycles. The molecule has 12 nitrogen and oxygen atoms in total. The van der Waals surface area contributed by atoms with Gasteiger partial charge in [-0.05, 0) is 38.5 Å². The monoisotopic (exact) mass is 545 g/mol. The minimum atomic E-state index is -4.82. The van der Waals surface area contributed by atoms with E-state index in [0.717, 1.165) is 12.1 Å². The molecule has 2 atom stereocenters. The van der Waals surface area contributed by atoms with Crippen LogP contribution in [0.5, 0.6) is 5.75 Å². The van der Waals surface area contributed by atoms with Crippen LogP contribution < -0.4 is 20.6 Å². The summed E-state index contributed by atoms with van der Waals surface area (Å²) < 4.78 is 62.1. The van der Waals surface area contributed by atoms with E-state index in [1.807, 2.05) is 0 Å². The Hall–Kier alpha value is -3.26. The Bertz CT molecular complexity index is 1280. The fourth-order valence-electron chi connectivity index (χ4n) is 3.24. The first-order chi connectivity index (χ1) is 17.2. The number of nitrogen functional groups attached to an aromatic ring is 1. The van der Waals surface area contributed by atoms with E-state index in [9.17, 15) is 27.6 Å². The van der Waals surface area contributed by atoms with Crippen LogP contribution >= 0.6 is 7.44 Å². The maximum Gasteiger partial charge on any atom is 0.573 e. The van der Waals surface area contributed by atoms with Gasteiger partial charge in [-0.25, -0.2) is 25.1 Å². The average Bonchev–Trinajstić information content (AvgIpc) is 3.20. The standard InChI is InChI=1S/C21H27F3N7O5P/c1-13(9-31-11-28-16-17(25)26-10-27-18(16)31)35-12-37(34,30-20(2,3)19(32)33)29-8-14-4-6-15(7-5-14)36-21(22,23)24/h4-7,10-11,13H,8-9,12H2,1-3H3,(H,32,33)(H2,25,26,27)(H2,29,30,34)/t13-,37?/m1/s1. The number of alkyl halides is 3. The Balaban J connectivity index is 1.68. The lowest BCUT2D eigenvalue weighted by Crippen LogP contribution is -2.47. The van der Waals surface area contributed by atoms with Crippen molar-refractivity contribution in [2.75, 3.05) is 12.1 Å². The molecule has 0 aliphatic heterocycles. The van der Waals surface area contributed by atoms with Gasteiger partial charge in [0.1, 0.15) is 29.5 Å². The van der Waals surface area contributed by atoms with Crippen LogP contribution in [0.3, 0.4) is 0 Å². The Morgan fingerprint density at radius 3 is 2.51 bits per heavy atom. The number of aliphatic carboxylic acids is 1. The third-order valence-corrected chi connectivity index (χ3v) is 7.22. The molecule has 16 heteroatoms. The second kappa shape index (κ2) is 11.0. The van der Waals surface area contributed by atoms with E-state index in [1.54, 1.807) is 11.5 Å². The van der Waals surface area contributed by atoms with Crippen molar-refractivity contribution >= 4 is 30.4 Å². The summed E-state index contributed by atoms with van der Waals surface area (Å²) >= 11 is 0. The van der Waals surface area contributed by atoms with Crippen molar-refractivity contribution in [3.63, 3.8) is 0 Å². The maximum absolute atomic E-state index is 13.7. The molecule has 1 unspecified atom stereocenters. The van der Waals surface area contributed by atoms with E-state index in [4.69, 9.17) is 10.5 Å². The highest BCUT2D eigenvalue weighted by molar-refractivity contribution is 7.59. The summed E-state index contributed by atoms with van der Waals surface area (Å²) in [5.41, 5.74) is 5.63. The zero-order valence-electron chi connectivity index (χ0n) is 20.2. The van der Waals surface area contributed by atoms with E-state index in [-0.39, 0.29) is 25.3 Å². The van der Waals surface area contributed by atoms with Crippen molar-refractivity contribution in [2.45, 2.75) is 51.9 Å². The number of imidazole rings is 1. The van der Waals surface area contributed by atoms with E-state index >= 15 is 0 Å². The Labute approximate surface area is 209 Å². The van der Waals surface area contributed by atoms with Crippen molar-refractivity contribution < 1.29 is 37.1 Å². The van der Waals surface area contributed by atoms with Crippen LogP contribution in [0.15, 0.2) is 36.9 Å². The molecule has 0 fully saturated rings. The quantitative estimate of drug-likeness (QED) is 0.247. The summed E-state index contributed by atoms with van der Waals surface area (Å²) in [4.78, 5) is 23.9. The van der Waals surface area contributed by atoms with Gasteiger partial charge in [0.05, 0.1) is 19.0 Å². The highest BCUT2D eigenvalue weighted by Crippen LogP contribution is 2.40. The molecule has 0 radical (unpaired) electrons. The number of carbonyl (C=O) groups is 1. The van der Waals surface area contributed by atoms with Crippen LogP contribution in [0.25, 0.3) is 11.2 Å². The Morgan fingerprint density at radius 1 is 1.22 bits per heavy atom. The van der Waals surface area contributed by atoms with Gasteiger partial charge < -0.3 is 24.9 Å². The lowest BCUT2D eigenvalue weighted by Gasteiger charge is -2.30. The van der Waals surface area contributed by atoms with Crippen molar-refractivity contribution in [3.8, 4) is 5.75 Å². The van der Waals surface area contributed by atoms with Crippen molar-refractivity contribution in [1.29, 1.82) is 0 Å². The van der Waals surface area contributed by atoms with E-state index in [2.05, 4.69) is 29.9 Å². The van der Waals surface area contributed by atoms with Gasteiger partial charge in [-0.2, -0.15) is 0 Å². The minimum absolute atomic E-state index is 0.0492. The lowest BCUT2D eigenvalue weighted by atomic mass is 10.1. The number of hydrogen-bond acceptors (Lipinski definition) is 8. The third-order valence-electron chi connectivity index (χ3n) is 5.11. The zero-order valence-corrected chi connectivity index (χ0v) is 21.1. The highest BCUT2D eigenvalue weighted by Gasteiger charge is 2.36. The lowest BCUT2D eigenvalue weighted by molar-refractivity contribution is -0.274. The van der Waals surface area contributed by atoms with Crippen molar-refractivity contribution in [3.05, 3.63) is 42.5 Å². The second-order valence-corrected chi connectivity index (χ2v) is 11.0. The van der Waals surface area contributed by atoms with Crippen LogP contribution in [0, 0.1) is 0 Å². The van der Waals surface area contributed by atoms with Gasteiger partial charge in [-0.15, -0.1) is 13.2 Å². The fraction of sp³-hybridized carbons (Fsp3) is 0.429. The number of fused-ring (bicyclic) bond motifs is 1. The molecule has 0 aliphatic rings. The van der Waals surface area contributed by atoms with E-state index < -0.39 is 37.2 Å². The molecule has 202 valence electrons. The predicted molar refractivity (Wildman–Crippen MR) is 128 cm³/mol. The van der Waals surface area contributed by atoms with Gasteiger partial charge in [0.2, 0.25) is 7.44 Å². The number of carboxylic acids is 1. The van der Waals surface area contributed by atoms with Crippen molar-refractivity contribution in [1.82, 2.24) is 29.7 Å². The van der Waals surface area contributed by atoms with Gasteiger partial charge in [-0.3, -0.25) is 9.36 Å². The molecule has 3 aromatic rings. The van der Waals surface area contributed by atoms with Crippen LogP contribution in [0.4, 0.5) is 19.0 Å². The van der Waals surface area contributed by atoms with E-state index in [0.29, 0.717) is 16.7 Å². The molecule has 0 bridgehead atoms. The SMILES string of the molecule is C[C@H](Cn1cnc2c(N)ncnc21)OCP(=O)(NCc1ccc(OC(F)(F)F)cc1)NC(C)(C)C(=O)O. The molecular formula is C21H27F3N7O5P. The van der Waals surface area contributed by atoms with Gasteiger partial charge >= 0.3 is 12.3 Å². The number of nitrogens with one attached hydrogen (secondary N) is 2. The molecule has 0 spiro atoms. The number of ether oxygens (including phenoxy) is 2. The molecule has 37 heavy (non-hydrogen) atoms. The summed E-state index contributed by atoms with van der Waals surface area (Å²) in [5, 5.41) is 14.9. The van der Waals surface area contributed by atoms with Gasteiger partial charge in [0.15, 0.2) is 11.5 Å². The number of nitrogens with two attached hydrogens (primary N) is 1. The van der Waals surface area contributed by atoms with E-state index in [1.165, 1.54) is 38.6 Å². The highest BCUT2D eigenvalue weighted by atomic mass is 31.2. The molecule has 0 saturated carbocycles. The van der Waals surface area contributed by atoms with Crippen LogP contribution in [-0.4, -0.2) is 54.9 Å². The maximum atomic E-state index is 13.7. The summed E-state index contributed by atoms with van der Waals surface area (Å²) in [7, 11) is -3.69. The number of rotatable bonds is 12. The van der Waals surface area contributed by atoms with Crippen LogP contribution in [-0.2, 0) is 27.2 Å². The number of anilines is 1. The minimum Gasteiger partial charge on any atom is -0.480 e. The number of aromatic nitrogens is 4. The first-order valence-electron chi connectivity index (χ1n) is 10.9. The molecule has 3 rings (SSSR count). The summed E-state index contributed by atoms with van der Waals surface area (Å²) in [6.07, 6.45) is -2.88. The summed E-state index contributed by atoms with van der Waals surface area (Å²) in [6, 6.07) is 4.96. The van der Waals surface area contributed by atoms with Crippen LogP contribution in [0.1, 0.15) is 26.3 Å². The zero-order chi connectivity index (χ0) is 27.4. The Morgan fingerprint density at radius 2 is 1.89 bits per heavy atom. The first kappa shape index (κ1) is 28.3. The normalized spacial score (nSPS) is 14.9. The Kier molecular flexibility index (Phi) is 8.42. The van der Waals surface area contributed by atoms with Crippen molar-refractivity contribution in [2.24, 2.45) is 0 Å². The molecule has 5 N–H and O–H groups in total. The number of carboxylic acid groups (broad SMARTS) is 1.